The van der Waals surface area contributed by atoms with Gasteiger partial charge in [-0.1, -0.05) is 65.3 Å². The minimum atomic E-state index is -0.582. The summed E-state index contributed by atoms with van der Waals surface area (Å²) in [4.78, 5) is 31.2. The van der Waals surface area contributed by atoms with Crippen molar-refractivity contribution in [2.75, 3.05) is 5.32 Å². The van der Waals surface area contributed by atoms with E-state index in [0.717, 1.165) is 16.8 Å². The number of thioether (sulfide) groups is 1. The molecule has 0 aliphatic rings. The maximum absolute atomic E-state index is 13.5. The van der Waals surface area contributed by atoms with Gasteiger partial charge in [0.2, 0.25) is 5.91 Å². The van der Waals surface area contributed by atoms with Gasteiger partial charge in [0.25, 0.3) is 5.56 Å². The van der Waals surface area contributed by atoms with E-state index in [2.05, 4.69) is 5.32 Å². The van der Waals surface area contributed by atoms with Crippen LogP contribution in [0.15, 0.2) is 70.6 Å². The van der Waals surface area contributed by atoms with Gasteiger partial charge in [0.05, 0.1) is 37.6 Å². The lowest BCUT2D eigenvalue weighted by Crippen LogP contribution is -2.27. The number of benzene rings is 3. The Kier molecular flexibility index (Phi) is 6.79. The van der Waals surface area contributed by atoms with Crippen LogP contribution in [0.25, 0.3) is 16.6 Å². The first-order valence-electron chi connectivity index (χ1n) is 10.3. The molecule has 0 saturated heterocycles. The van der Waals surface area contributed by atoms with Gasteiger partial charge in [0.15, 0.2) is 5.16 Å². The lowest BCUT2D eigenvalue weighted by atomic mass is 10.1. The van der Waals surface area contributed by atoms with Gasteiger partial charge in [0, 0.05) is 0 Å². The molecule has 3 aromatic carbocycles. The monoisotopic (exact) mass is 497 g/mol. The number of fused-ring (bicyclic) bond motifs is 1. The first-order chi connectivity index (χ1) is 15.8. The molecule has 1 heterocycles. The van der Waals surface area contributed by atoms with Gasteiger partial charge < -0.3 is 5.32 Å². The summed E-state index contributed by atoms with van der Waals surface area (Å²) < 4.78 is 1.58. The largest absolute Gasteiger partial charge is 0.323 e. The molecule has 1 unspecified atom stereocenters. The van der Waals surface area contributed by atoms with Crippen molar-refractivity contribution in [1.82, 2.24) is 9.55 Å². The van der Waals surface area contributed by atoms with E-state index >= 15 is 0 Å². The van der Waals surface area contributed by atoms with Crippen molar-refractivity contribution >= 4 is 57.5 Å². The molecule has 4 aromatic rings. The SMILES string of the molecule is Cc1cccc(-n2c(SC(C)C(=O)Nc3c(Cl)cccc3Cl)nc3ccccc3c2=O)c1C. The molecule has 0 bridgehead atoms. The maximum Gasteiger partial charge on any atom is 0.266 e. The van der Waals surface area contributed by atoms with Crippen molar-refractivity contribution in [2.24, 2.45) is 0 Å². The highest BCUT2D eigenvalue weighted by atomic mass is 35.5. The molecule has 5 nitrogen and oxygen atoms in total. The van der Waals surface area contributed by atoms with E-state index in [9.17, 15) is 9.59 Å². The molecule has 1 amide bonds. The second kappa shape index (κ2) is 9.59. The fourth-order valence-electron chi connectivity index (χ4n) is 3.44. The third-order valence-electron chi connectivity index (χ3n) is 5.42. The summed E-state index contributed by atoms with van der Waals surface area (Å²) in [6.45, 7) is 5.71. The van der Waals surface area contributed by atoms with Crippen LogP contribution in [0.1, 0.15) is 18.1 Å². The third kappa shape index (κ3) is 4.64. The molecule has 33 heavy (non-hydrogen) atoms. The van der Waals surface area contributed by atoms with Crippen LogP contribution in [-0.4, -0.2) is 20.7 Å². The highest BCUT2D eigenvalue weighted by Gasteiger charge is 2.22. The van der Waals surface area contributed by atoms with E-state index in [-0.39, 0.29) is 11.5 Å². The number of carbonyl (C=O) groups excluding carboxylic acids is 1. The predicted octanol–water partition coefficient (Wildman–Crippen LogP) is 6.43. The Balaban J connectivity index is 1.77. The van der Waals surface area contributed by atoms with Gasteiger partial charge in [0.1, 0.15) is 0 Å². The predicted molar refractivity (Wildman–Crippen MR) is 137 cm³/mol. The van der Waals surface area contributed by atoms with Crippen LogP contribution in [0.4, 0.5) is 5.69 Å². The normalized spacial score (nSPS) is 12.0. The van der Waals surface area contributed by atoms with Crippen LogP contribution >= 0.6 is 35.0 Å². The van der Waals surface area contributed by atoms with Crippen LogP contribution in [0.5, 0.6) is 0 Å². The van der Waals surface area contributed by atoms with E-state index in [1.54, 1.807) is 41.8 Å². The Morgan fingerprint density at radius 1 is 1.00 bits per heavy atom. The zero-order chi connectivity index (χ0) is 23.7. The summed E-state index contributed by atoms with van der Waals surface area (Å²) in [7, 11) is 0. The van der Waals surface area contributed by atoms with Crippen molar-refractivity contribution in [3.63, 3.8) is 0 Å². The molecule has 0 spiro atoms. The fourth-order valence-corrected chi connectivity index (χ4v) is 4.85. The number of hydrogen-bond donors (Lipinski definition) is 1. The average Bonchev–Trinajstić information content (AvgIpc) is 2.79. The van der Waals surface area contributed by atoms with Crippen molar-refractivity contribution in [3.8, 4) is 5.69 Å². The van der Waals surface area contributed by atoms with Crippen molar-refractivity contribution < 1.29 is 4.79 Å². The van der Waals surface area contributed by atoms with Crippen molar-refractivity contribution in [1.29, 1.82) is 0 Å². The molecule has 0 aliphatic carbocycles. The number of aryl methyl sites for hydroxylation is 1. The van der Waals surface area contributed by atoms with Crippen molar-refractivity contribution in [2.45, 2.75) is 31.2 Å². The summed E-state index contributed by atoms with van der Waals surface area (Å²) >= 11 is 13.6. The summed E-state index contributed by atoms with van der Waals surface area (Å²) in [6.07, 6.45) is 0. The number of para-hydroxylation sites is 2. The van der Waals surface area contributed by atoms with Gasteiger partial charge in [-0.3, -0.25) is 14.2 Å². The molecule has 0 radical (unpaired) electrons. The van der Waals surface area contributed by atoms with E-state index in [1.807, 2.05) is 44.2 Å². The molecule has 1 aromatic heterocycles. The number of hydrogen-bond acceptors (Lipinski definition) is 4. The van der Waals surface area contributed by atoms with Gasteiger partial charge >= 0.3 is 0 Å². The third-order valence-corrected chi connectivity index (χ3v) is 7.11. The summed E-state index contributed by atoms with van der Waals surface area (Å²) in [5.74, 6) is -0.301. The topological polar surface area (TPSA) is 64.0 Å². The smallest absolute Gasteiger partial charge is 0.266 e. The molecule has 0 fully saturated rings. The highest BCUT2D eigenvalue weighted by Crippen LogP contribution is 2.32. The summed E-state index contributed by atoms with van der Waals surface area (Å²) in [6, 6.07) is 18.0. The standard InChI is InChI=1S/C25H21Cl2N3O2S/c1-14-8-6-13-21(15(14)2)30-24(32)17-9-4-5-12-20(17)28-25(30)33-16(3)23(31)29-22-18(26)10-7-11-19(22)27/h4-13,16H,1-3H3,(H,29,31). The van der Waals surface area contributed by atoms with Crippen LogP contribution in [0.3, 0.4) is 0 Å². The van der Waals surface area contributed by atoms with Crippen LogP contribution < -0.4 is 10.9 Å². The second-order valence-corrected chi connectivity index (χ2v) is 9.74. The average molecular weight is 498 g/mol. The number of anilines is 1. The number of aromatic nitrogens is 2. The first-order valence-corrected chi connectivity index (χ1v) is 11.9. The molecule has 4 rings (SSSR count). The fraction of sp³-hybridized carbons (Fsp3) is 0.160. The zero-order valence-electron chi connectivity index (χ0n) is 18.2. The number of nitrogens with zero attached hydrogens (tertiary/aromatic N) is 2. The number of amides is 1. The molecule has 0 saturated carbocycles. The lowest BCUT2D eigenvalue weighted by Gasteiger charge is -2.19. The van der Waals surface area contributed by atoms with Gasteiger partial charge in [-0.25, -0.2) is 4.98 Å². The Labute approximate surface area is 205 Å². The Bertz CT molecular complexity index is 1420. The molecule has 8 heteroatoms. The summed E-state index contributed by atoms with van der Waals surface area (Å²) in [5.41, 5.74) is 3.52. The Morgan fingerprint density at radius 3 is 2.39 bits per heavy atom. The molecular weight excluding hydrogens is 477 g/mol. The number of halogens is 2. The van der Waals surface area contributed by atoms with E-state index in [4.69, 9.17) is 28.2 Å². The highest BCUT2D eigenvalue weighted by molar-refractivity contribution is 8.00. The van der Waals surface area contributed by atoms with Gasteiger partial charge in [-0.15, -0.1) is 0 Å². The molecule has 1 atom stereocenters. The van der Waals surface area contributed by atoms with E-state index in [1.165, 1.54) is 11.8 Å². The lowest BCUT2D eigenvalue weighted by molar-refractivity contribution is -0.115. The van der Waals surface area contributed by atoms with E-state index < -0.39 is 5.25 Å². The minimum Gasteiger partial charge on any atom is -0.323 e. The Hall–Kier alpha value is -2.80. The van der Waals surface area contributed by atoms with Crippen molar-refractivity contribution in [3.05, 3.63) is 92.2 Å². The minimum absolute atomic E-state index is 0.182. The van der Waals surface area contributed by atoms with Gasteiger partial charge in [-0.05, 0) is 62.2 Å². The quantitative estimate of drug-likeness (QED) is 0.255. The van der Waals surface area contributed by atoms with Crippen LogP contribution in [0, 0.1) is 13.8 Å². The summed E-state index contributed by atoms with van der Waals surface area (Å²) in [5, 5.41) is 3.86. The van der Waals surface area contributed by atoms with Gasteiger partial charge in [-0.2, -0.15) is 0 Å². The zero-order valence-corrected chi connectivity index (χ0v) is 20.6. The number of nitrogens with one attached hydrogen (secondary N) is 1. The second-order valence-electron chi connectivity index (χ2n) is 7.62. The van der Waals surface area contributed by atoms with Crippen LogP contribution in [-0.2, 0) is 4.79 Å². The maximum atomic E-state index is 13.5. The van der Waals surface area contributed by atoms with Crippen LogP contribution in [0.2, 0.25) is 10.0 Å². The molecular formula is C25H21Cl2N3O2S. The first kappa shape index (κ1) is 23.4. The number of rotatable bonds is 5. The number of carbonyl (C=O) groups is 1. The molecule has 1 N–H and O–H groups in total. The van der Waals surface area contributed by atoms with E-state index in [0.29, 0.717) is 31.8 Å². The molecule has 168 valence electrons. The Morgan fingerprint density at radius 2 is 1.67 bits per heavy atom. The molecule has 0 aliphatic heterocycles.